The van der Waals surface area contributed by atoms with E-state index in [-0.39, 0.29) is 0 Å². The second-order valence-electron chi connectivity index (χ2n) is 8.44. The van der Waals surface area contributed by atoms with Gasteiger partial charge in [-0.1, -0.05) is 19.9 Å². The minimum Gasteiger partial charge on any atom is -0.478 e. The summed E-state index contributed by atoms with van der Waals surface area (Å²) in [5.74, 6) is 1.75. The average molecular weight is 404 g/mol. The maximum Gasteiger partial charge on any atom is 0.217 e. The molecule has 0 unspecified atom stereocenters. The van der Waals surface area contributed by atoms with Crippen LogP contribution >= 0.6 is 0 Å². The molecule has 2 N–H and O–H groups in total. The van der Waals surface area contributed by atoms with E-state index in [9.17, 15) is 0 Å². The Hall–Kier alpha value is -2.86. The summed E-state index contributed by atoms with van der Waals surface area (Å²) in [7, 11) is 0. The van der Waals surface area contributed by atoms with Crippen LogP contribution in [-0.4, -0.2) is 39.3 Å². The molecule has 0 amide bonds. The molecule has 0 saturated carbocycles. The predicted octanol–water partition coefficient (Wildman–Crippen LogP) is 4.87. The maximum atomic E-state index is 5.85. The first kappa shape index (κ1) is 19.1. The molecule has 0 bridgehead atoms. The van der Waals surface area contributed by atoms with Gasteiger partial charge >= 0.3 is 0 Å². The maximum absolute atomic E-state index is 5.85. The second-order valence-corrected chi connectivity index (χ2v) is 8.44. The van der Waals surface area contributed by atoms with Crippen LogP contribution < -0.4 is 10.1 Å². The zero-order valence-electron chi connectivity index (χ0n) is 17.9. The lowest BCUT2D eigenvalue weighted by molar-refractivity contribution is 0.318. The second kappa shape index (κ2) is 7.76. The molecule has 1 saturated heterocycles. The van der Waals surface area contributed by atoms with Crippen molar-refractivity contribution in [2.75, 3.05) is 19.7 Å². The van der Waals surface area contributed by atoms with Gasteiger partial charge in [0.15, 0.2) is 5.65 Å². The number of nitrogens with one attached hydrogen (secondary N) is 2. The lowest BCUT2D eigenvalue weighted by Gasteiger charge is -2.23. The van der Waals surface area contributed by atoms with Crippen LogP contribution in [-0.2, 0) is 0 Å². The Morgan fingerprint density at radius 1 is 1.17 bits per heavy atom. The van der Waals surface area contributed by atoms with Crippen molar-refractivity contribution in [1.29, 1.82) is 0 Å². The molecule has 5 rings (SSSR count). The molecule has 1 fully saturated rings. The fourth-order valence-corrected chi connectivity index (χ4v) is 4.76. The highest BCUT2D eigenvalue weighted by atomic mass is 16.5. The van der Waals surface area contributed by atoms with Gasteiger partial charge in [-0.05, 0) is 74.0 Å². The first-order valence-electron chi connectivity index (χ1n) is 11.0. The number of hydrogen-bond acceptors (Lipinski definition) is 4. The van der Waals surface area contributed by atoms with E-state index >= 15 is 0 Å². The molecule has 4 aromatic rings. The number of rotatable bonds is 5. The molecular formula is C24H29N5O. The van der Waals surface area contributed by atoms with Crippen LogP contribution in [0.5, 0.6) is 5.88 Å². The Morgan fingerprint density at radius 3 is 2.77 bits per heavy atom. The van der Waals surface area contributed by atoms with Gasteiger partial charge in [-0.2, -0.15) is 9.61 Å². The highest BCUT2D eigenvalue weighted by molar-refractivity contribution is 5.92. The van der Waals surface area contributed by atoms with Gasteiger partial charge in [-0.3, -0.25) is 0 Å². The molecule has 30 heavy (non-hydrogen) atoms. The summed E-state index contributed by atoms with van der Waals surface area (Å²) >= 11 is 0. The van der Waals surface area contributed by atoms with Gasteiger partial charge < -0.3 is 15.0 Å². The van der Waals surface area contributed by atoms with E-state index in [1.165, 1.54) is 34.9 Å². The van der Waals surface area contributed by atoms with Crippen LogP contribution in [0.3, 0.4) is 0 Å². The third kappa shape index (κ3) is 3.25. The predicted molar refractivity (Wildman–Crippen MR) is 120 cm³/mol. The molecule has 0 aliphatic carbocycles. The van der Waals surface area contributed by atoms with Crippen LogP contribution in [0.2, 0.25) is 0 Å². The van der Waals surface area contributed by atoms with Crippen LogP contribution in [0.4, 0.5) is 0 Å². The molecule has 0 spiro atoms. The SMILES string of the molecule is CCOc1cc(-c2[nH]c3ccc(C4CCNCC4)cc3c2C(C)C)cc2ncnn12. The van der Waals surface area contributed by atoms with E-state index in [4.69, 9.17) is 4.74 Å². The molecule has 4 heterocycles. The van der Waals surface area contributed by atoms with Gasteiger partial charge in [0.2, 0.25) is 5.88 Å². The van der Waals surface area contributed by atoms with Crippen molar-refractivity contribution in [3.05, 3.63) is 47.8 Å². The highest BCUT2D eigenvalue weighted by Gasteiger charge is 2.21. The molecule has 1 aliphatic rings. The number of piperidine rings is 1. The summed E-state index contributed by atoms with van der Waals surface area (Å²) in [6.07, 6.45) is 3.99. The Balaban J connectivity index is 1.67. The van der Waals surface area contributed by atoms with E-state index in [1.807, 2.05) is 6.92 Å². The van der Waals surface area contributed by atoms with Gasteiger partial charge in [0, 0.05) is 22.5 Å². The summed E-state index contributed by atoms with van der Waals surface area (Å²) in [5.41, 5.74) is 7.02. The molecule has 3 aromatic heterocycles. The summed E-state index contributed by atoms with van der Waals surface area (Å²) in [6, 6.07) is 11.1. The Kier molecular flexibility index (Phi) is 4.95. The topological polar surface area (TPSA) is 67.2 Å². The standard InChI is InChI=1S/C24H29N5O/c1-4-30-22-13-18(12-21-26-14-27-29(21)22)24-23(15(2)3)19-11-17(5-6-20(19)28-24)16-7-9-25-10-8-16/h5-6,11-16,25,28H,4,7-10H2,1-3H3. The van der Waals surface area contributed by atoms with Crippen molar-refractivity contribution in [3.8, 4) is 17.1 Å². The molecule has 6 heteroatoms. The van der Waals surface area contributed by atoms with Gasteiger partial charge in [0.25, 0.3) is 0 Å². The molecule has 6 nitrogen and oxygen atoms in total. The summed E-state index contributed by atoms with van der Waals surface area (Å²) in [4.78, 5) is 8.10. The zero-order valence-corrected chi connectivity index (χ0v) is 17.9. The van der Waals surface area contributed by atoms with Gasteiger partial charge in [0.05, 0.1) is 12.3 Å². The molecule has 1 aliphatic heterocycles. The van der Waals surface area contributed by atoms with Crippen LogP contribution in [0.25, 0.3) is 27.8 Å². The summed E-state index contributed by atoms with van der Waals surface area (Å²) < 4.78 is 7.60. The Bertz CT molecular complexity index is 1180. The van der Waals surface area contributed by atoms with Crippen LogP contribution in [0.1, 0.15) is 56.6 Å². The van der Waals surface area contributed by atoms with Crippen molar-refractivity contribution in [2.24, 2.45) is 0 Å². The minimum atomic E-state index is 0.390. The van der Waals surface area contributed by atoms with Crippen LogP contribution in [0.15, 0.2) is 36.7 Å². The fraction of sp³-hybridized carbons (Fsp3) is 0.417. The van der Waals surface area contributed by atoms with E-state index in [0.29, 0.717) is 24.3 Å². The Morgan fingerprint density at radius 2 is 2.00 bits per heavy atom. The molecule has 156 valence electrons. The highest BCUT2D eigenvalue weighted by Crippen LogP contribution is 2.39. The number of fused-ring (bicyclic) bond motifs is 2. The molecular weight excluding hydrogens is 374 g/mol. The number of ether oxygens (including phenoxy) is 1. The number of hydrogen-bond donors (Lipinski definition) is 2. The largest absolute Gasteiger partial charge is 0.478 e. The van der Waals surface area contributed by atoms with E-state index in [0.717, 1.165) is 30.0 Å². The number of aromatic amines is 1. The minimum absolute atomic E-state index is 0.390. The van der Waals surface area contributed by atoms with Crippen molar-refractivity contribution >= 4 is 16.6 Å². The number of aromatic nitrogens is 4. The number of pyridine rings is 1. The van der Waals surface area contributed by atoms with E-state index in [2.05, 4.69) is 64.6 Å². The zero-order chi connectivity index (χ0) is 20.7. The van der Waals surface area contributed by atoms with E-state index < -0.39 is 0 Å². The van der Waals surface area contributed by atoms with Crippen molar-refractivity contribution < 1.29 is 4.74 Å². The fourth-order valence-electron chi connectivity index (χ4n) is 4.76. The first-order valence-corrected chi connectivity index (χ1v) is 11.0. The lowest BCUT2D eigenvalue weighted by atomic mass is 9.88. The summed E-state index contributed by atoms with van der Waals surface area (Å²) in [6.45, 7) is 9.32. The number of H-pyrrole nitrogens is 1. The first-order chi connectivity index (χ1) is 14.7. The van der Waals surface area contributed by atoms with Crippen molar-refractivity contribution in [2.45, 2.75) is 45.4 Å². The smallest absolute Gasteiger partial charge is 0.217 e. The monoisotopic (exact) mass is 403 g/mol. The molecule has 0 radical (unpaired) electrons. The third-order valence-corrected chi connectivity index (χ3v) is 6.18. The average Bonchev–Trinajstić information content (AvgIpc) is 3.38. The Labute approximate surface area is 176 Å². The number of benzene rings is 1. The van der Waals surface area contributed by atoms with Gasteiger partial charge in [0.1, 0.15) is 6.33 Å². The van der Waals surface area contributed by atoms with Gasteiger partial charge in [-0.15, -0.1) is 0 Å². The quantitative estimate of drug-likeness (QED) is 0.499. The molecule has 0 atom stereocenters. The normalized spacial score (nSPS) is 15.5. The van der Waals surface area contributed by atoms with Gasteiger partial charge in [-0.25, -0.2) is 4.98 Å². The number of nitrogens with zero attached hydrogens (tertiary/aromatic N) is 3. The lowest BCUT2D eigenvalue weighted by Crippen LogP contribution is -2.26. The van der Waals surface area contributed by atoms with Crippen molar-refractivity contribution in [3.63, 3.8) is 0 Å². The molecule has 1 aromatic carbocycles. The van der Waals surface area contributed by atoms with Crippen LogP contribution in [0, 0.1) is 0 Å². The van der Waals surface area contributed by atoms with E-state index in [1.54, 1.807) is 10.8 Å². The third-order valence-electron chi connectivity index (χ3n) is 6.18. The van der Waals surface area contributed by atoms with Crippen molar-refractivity contribution in [1.82, 2.24) is 24.9 Å². The summed E-state index contributed by atoms with van der Waals surface area (Å²) in [5, 5.41) is 9.10.